The molecule has 14 heavy (non-hydrogen) atoms. The fraction of sp³-hybridized carbons (Fsp3) is 0.800. The molecule has 0 aromatic carbocycles. The number of hydrogen-bond acceptors (Lipinski definition) is 2. The summed E-state index contributed by atoms with van der Waals surface area (Å²) in [6.07, 6.45) is 4.43. The maximum absolute atomic E-state index is 10.7. The van der Waals surface area contributed by atoms with E-state index in [4.69, 9.17) is 5.11 Å². The molecule has 1 amide bonds. The van der Waals surface area contributed by atoms with Crippen molar-refractivity contribution in [3.63, 3.8) is 0 Å². The van der Waals surface area contributed by atoms with Gasteiger partial charge in [0, 0.05) is 6.04 Å². The van der Waals surface area contributed by atoms with Gasteiger partial charge < -0.3 is 10.0 Å². The van der Waals surface area contributed by atoms with E-state index >= 15 is 0 Å². The second-order valence-corrected chi connectivity index (χ2v) is 3.38. The summed E-state index contributed by atoms with van der Waals surface area (Å²) in [5.41, 5.74) is 0. The number of unbranched alkanes of at least 4 members (excludes halogenated alkanes) is 1. The van der Waals surface area contributed by atoms with Crippen LogP contribution in [0.25, 0.3) is 0 Å². The predicted molar refractivity (Wildman–Crippen MR) is 54.0 cm³/mol. The van der Waals surface area contributed by atoms with Crippen molar-refractivity contribution in [1.82, 2.24) is 4.90 Å². The van der Waals surface area contributed by atoms with E-state index in [0.717, 1.165) is 25.7 Å². The fourth-order valence-electron chi connectivity index (χ4n) is 1.45. The molecule has 1 N–H and O–H groups in total. The lowest BCUT2D eigenvalue weighted by Gasteiger charge is -2.25. The number of rotatable bonds is 8. The number of aliphatic carboxylic acids is 1. The number of nitrogens with zero attached hydrogens (tertiary/aromatic N) is 1. The molecule has 1 atom stereocenters. The molecule has 0 aromatic heterocycles. The van der Waals surface area contributed by atoms with Gasteiger partial charge in [-0.2, -0.15) is 0 Å². The van der Waals surface area contributed by atoms with Crippen molar-refractivity contribution < 1.29 is 14.7 Å². The summed E-state index contributed by atoms with van der Waals surface area (Å²) in [4.78, 5) is 22.5. The van der Waals surface area contributed by atoms with Gasteiger partial charge in [-0.3, -0.25) is 9.59 Å². The van der Waals surface area contributed by atoms with Crippen LogP contribution in [0.3, 0.4) is 0 Å². The zero-order valence-electron chi connectivity index (χ0n) is 8.90. The van der Waals surface area contributed by atoms with Crippen LogP contribution < -0.4 is 0 Å². The lowest BCUT2D eigenvalue weighted by Crippen LogP contribution is -2.37. The van der Waals surface area contributed by atoms with Gasteiger partial charge in [-0.05, 0) is 12.8 Å². The van der Waals surface area contributed by atoms with Crippen molar-refractivity contribution in [1.29, 1.82) is 0 Å². The number of amides is 1. The van der Waals surface area contributed by atoms with Crippen LogP contribution in [0.4, 0.5) is 0 Å². The van der Waals surface area contributed by atoms with Crippen LogP contribution in [0.5, 0.6) is 0 Å². The fourth-order valence-corrected chi connectivity index (χ4v) is 1.45. The zero-order valence-corrected chi connectivity index (χ0v) is 8.90. The van der Waals surface area contributed by atoms with Gasteiger partial charge in [-0.15, -0.1) is 0 Å². The SMILES string of the molecule is CCCCC(CC)N(C=O)CC(=O)O. The molecular formula is C10H19NO3. The number of carbonyl (C=O) groups excluding carboxylic acids is 1. The van der Waals surface area contributed by atoms with Crippen molar-refractivity contribution in [3.8, 4) is 0 Å². The highest BCUT2D eigenvalue weighted by Crippen LogP contribution is 2.10. The lowest BCUT2D eigenvalue weighted by atomic mass is 10.1. The molecule has 0 radical (unpaired) electrons. The highest BCUT2D eigenvalue weighted by Gasteiger charge is 2.16. The van der Waals surface area contributed by atoms with E-state index in [1.807, 2.05) is 6.92 Å². The third-order valence-corrected chi connectivity index (χ3v) is 2.28. The molecule has 0 heterocycles. The van der Waals surface area contributed by atoms with E-state index in [0.29, 0.717) is 6.41 Å². The average Bonchev–Trinajstić information content (AvgIpc) is 2.16. The summed E-state index contributed by atoms with van der Waals surface area (Å²) < 4.78 is 0. The molecule has 4 heteroatoms. The quantitative estimate of drug-likeness (QED) is 0.605. The van der Waals surface area contributed by atoms with E-state index < -0.39 is 5.97 Å². The van der Waals surface area contributed by atoms with Crippen LogP contribution in [-0.4, -0.2) is 35.0 Å². The van der Waals surface area contributed by atoms with Gasteiger partial charge in [-0.1, -0.05) is 26.7 Å². The highest BCUT2D eigenvalue weighted by atomic mass is 16.4. The largest absolute Gasteiger partial charge is 0.480 e. The van der Waals surface area contributed by atoms with E-state index in [1.54, 1.807) is 0 Å². The molecule has 0 aromatic rings. The highest BCUT2D eigenvalue weighted by molar-refractivity contribution is 5.72. The minimum absolute atomic E-state index is 0.0727. The molecule has 0 aliphatic heterocycles. The van der Waals surface area contributed by atoms with Crippen LogP contribution >= 0.6 is 0 Å². The van der Waals surface area contributed by atoms with Gasteiger partial charge in [0.25, 0.3) is 0 Å². The first kappa shape index (κ1) is 12.9. The van der Waals surface area contributed by atoms with Gasteiger partial charge in [0.05, 0.1) is 0 Å². The first-order valence-electron chi connectivity index (χ1n) is 5.08. The molecule has 0 rings (SSSR count). The molecule has 0 aliphatic carbocycles. The summed E-state index contributed by atoms with van der Waals surface area (Å²) in [5, 5.41) is 8.58. The van der Waals surface area contributed by atoms with Crippen molar-refractivity contribution in [2.24, 2.45) is 0 Å². The first-order valence-corrected chi connectivity index (χ1v) is 5.08. The maximum Gasteiger partial charge on any atom is 0.323 e. The Morgan fingerprint density at radius 2 is 2.14 bits per heavy atom. The van der Waals surface area contributed by atoms with Crippen LogP contribution in [-0.2, 0) is 9.59 Å². The second kappa shape index (κ2) is 7.35. The van der Waals surface area contributed by atoms with Gasteiger partial charge in [0.15, 0.2) is 0 Å². The van der Waals surface area contributed by atoms with Crippen LogP contribution in [0.1, 0.15) is 39.5 Å². The molecule has 0 spiro atoms. The first-order chi connectivity index (χ1) is 6.65. The molecule has 0 fully saturated rings. The van der Waals surface area contributed by atoms with E-state index in [9.17, 15) is 9.59 Å². The standard InChI is InChI=1S/C10H19NO3/c1-3-5-6-9(4-2)11(8-12)7-10(13)14/h8-9H,3-7H2,1-2H3,(H,13,14). The Labute approximate surface area is 84.9 Å². The van der Waals surface area contributed by atoms with E-state index in [2.05, 4.69) is 6.92 Å². The van der Waals surface area contributed by atoms with Crippen molar-refractivity contribution in [2.75, 3.05) is 6.54 Å². The Morgan fingerprint density at radius 3 is 2.50 bits per heavy atom. The van der Waals surface area contributed by atoms with Gasteiger partial charge in [-0.25, -0.2) is 0 Å². The predicted octanol–water partition coefficient (Wildman–Crippen LogP) is 1.50. The molecule has 0 aliphatic rings. The van der Waals surface area contributed by atoms with Crippen LogP contribution in [0.15, 0.2) is 0 Å². The van der Waals surface area contributed by atoms with Crippen molar-refractivity contribution in [2.45, 2.75) is 45.6 Å². The summed E-state index contributed by atoms with van der Waals surface area (Å²) in [7, 11) is 0. The summed E-state index contributed by atoms with van der Waals surface area (Å²) >= 11 is 0. The third-order valence-electron chi connectivity index (χ3n) is 2.28. The number of carboxylic acids is 1. The Hall–Kier alpha value is -1.06. The smallest absolute Gasteiger partial charge is 0.323 e. The number of carbonyl (C=O) groups is 2. The average molecular weight is 201 g/mol. The maximum atomic E-state index is 10.7. The van der Waals surface area contributed by atoms with Crippen LogP contribution in [0.2, 0.25) is 0 Å². The molecule has 4 nitrogen and oxygen atoms in total. The zero-order chi connectivity index (χ0) is 11.0. The second-order valence-electron chi connectivity index (χ2n) is 3.38. The topological polar surface area (TPSA) is 57.6 Å². The summed E-state index contributed by atoms with van der Waals surface area (Å²) in [5.74, 6) is -0.952. The molecule has 0 saturated carbocycles. The van der Waals surface area contributed by atoms with Gasteiger partial charge >= 0.3 is 5.97 Å². The number of hydrogen-bond donors (Lipinski definition) is 1. The van der Waals surface area contributed by atoms with Crippen molar-refractivity contribution >= 4 is 12.4 Å². The lowest BCUT2D eigenvalue weighted by molar-refractivity contribution is -0.142. The molecule has 0 saturated heterocycles. The normalized spacial score (nSPS) is 12.1. The molecular weight excluding hydrogens is 182 g/mol. The Kier molecular flexibility index (Phi) is 6.80. The Morgan fingerprint density at radius 1 is 1.50 bits per heavy atom. The number of carboxylic acid groups (broad SMARTS) is 1. The van der Waals surface area contributed by atoms with Gasteiger partial charge in [0.1, 0.15) is 6.54 Å². The monoisotopic (exact) mass is 201 g/mol. The Balaban J connectivity index is 4.13. The van der Waals surface area contributed by atoms with Gasteiger partial charge in [0.2, 0.25) is 6.41 Å². The van der Waals surface area contributed by atoms with E-state index in [-0.39, 0.29) is 12.6 Å². The summed E-state index contributed by atoms with van der Waals surface area (Å²) in [6.45, 7) is 3.86. The molecule has 1 unspecified atom stereocenters. The van der Waals surface area contributed by atoms with Crippen molar-refractivity contribution in [3.05, 3.63) is 0 Å². The Bertz CT molecular complexity index is 182. The minimum Gasteiger partial charge on any atom is -0.480 e. The van der Waals surface area contributed by atoms with Crippen LogP contribution in [0, 0.1) is 0 Å². The molecule has 0 bridgehead atoms. The van der Waals surface area contributed by atoms with E-state index in [1.165, 1.54) is 4.90 Å². The third kappa shape index (κ3) is 4.84. The minimum atomic E-state index is -0.952. The summed E-state index contributed by atoms with van der Waals surface area (Å²) in [6, 6.07) is 0.0727. The molecule has 82 valence electrons.